The highest BCUT2D eigenvalue weighted by molar-refractivity contribution is 8.29. The van der Waals surface area contributed by atoms with Crippen LogP contribution in [0.3, 0.4) is 0 Å². The third-order valence-corrected chi connectivity index (χ3v) is 8.70. The number of hydrogen-bond acceptors (Lipinski definition) is 8. The van der Waals surface area contributed by atoms with Crippen LogP contribution < -0.4 is 9.91 Å². The SMILES string of the molecule is CCOC(=O)C1=NN(c2ccc(C)cc2)C2(SC(=Cc3cccs3)C(=O)N2c2ccccc2)S1. The third kappa shape index (κ3) is 4.04. The van der Waals surface area contributed by atoms with Crippen LogP contribution in [-0.4, -0.2) is 27.9 Å². The first-order valence-corrected chi connectivity index (χ1v) is 13.2. The van der Waals surface area contributed by atoms with Crippen molar-refractivity contribution < 1.29 is 14.3 Å². The molecule has 6 nitrogen and oxygen atoms in total. The van der Waals surface area contributed by atoms with E-state index in [1.807, 2.05) is 85.1 Å². The number of amides is 1. The maximum atomic E-state index is 13.9. The first kappa shape index (κ1) is 22.8. The molecule has 0 radical (unpaired) electrons. The number of thiophene rings is 1. The van der Waals surface area contributed by atoms with Gasteiger partial charge in [-0.05, 0) is 67.4 Å². The van der Waals surface area contributed by atoms with Crippen LogP contribution >= 0.6 is 34.9 Å². The van der Waals surface area contributed by atoms with Crippen molar-refractivity contribution in [1.82, 2.24) is 0 Å². The van der Waals surface area contributed by atoms with Crippen molar-refractivity contribution in [3.8, 4) is 0 Å². The van der Waals surface area contributed by atoms with Gasteiger partial charge < -0.3 is 4.74 Å². The molecule has 1 aromatic heterocycles. The van der Waals surface area contributed by atoms with Crippen molar-refractivity contribution in [2.24, 2.45) is 5.10 Å². The molecule has 3 heterocycles. The van der Waals surface area contributed by atoms with Gasteiger partial charge in [-0.2, -0.15) is 5.10 Å². The molecule has 0 bridgehead atoms. The van der Waals surface area contributed by atoms with E-state index in [0.717, 1.165) is 21.8 Å². The lowest BCUT2D eigenvalue weighted by molar-refractivity contribution is -0.134. The van der Waals surface area contributed by atoms with Crippen molar-refractivity contribution in [3.63, 3.8) is 0 Å². The molecule has 0 aliphatic carbocycles. The van der Waals surface area contributed by atoms with Crippen LogP contribution in [-0.2, 0) is 14.3 Å². The van der Waals surface area contributed by atoms with Gasteiger partial charge in [-0.3, -0.25) is 9.69 Å². The molecule has 5 rings (SSSR count). The zero-order valence-corrected chi connectivity index (χ0v) is 21.0. The number of rotatable bonds is 5. The molecular formula is C25H21N3O3S3. The Morgan fingerprint density at radius 2 is 1.79 bits per heavy atom. The average Bonchev–Trinajstić information content (AvgIpc) is 3.55. The number of thioether (sulfide) groups is 2. The summed E-state index contributed by atoms with van der Waals surface area (Å²) in [7, 11) is 0. The van der Waals surface area contributed by atoms with Gasteiger partial charge in [0.1, 0.15) is 0 Å². The Hall–Kier alpha value is -3.01. The lowest BCUT2D eigenvalue weighted by Gasteiger charge is -2.38. The van der Waals surface area contributed by atoms with Gasteiger partial charge >= 0.3 is 5.97 Å². The van der Waals surface area contributed by atoms with Crippen molar-refractivity contribution in [3.05, 3.63) is 87.5 Å². The number of aryl methyl sites for hydroxylation is 1. The van der Waals surface area contributed by atoms with Crippen LogP contribution in [0.15, 0.2) is 82.1 Å². The van der Waals surface area contributed by atoms with Crippen LogP contribution in [0.1, 0.15) is 17.4 Å². The summed E-state index contributed by atoms with van der Waals surface area (Å²) in [5.74, 6) is -0.646. The molecule has 2 aliphatic rings. The number of nitrogens with zero attached hydrogens (tertiary/aromatic N) is 3. The summed E-state index contributed by atoms with van der Waals surface area (Å²) in [6.45, 7) is 4.02. The monoisotopic (exact) mass is 507 g/mol. The first-order valence-electron chi connectivity index (χ1n) is 10.7. The quantitative estimate of drug-likeness (QED) is 0.316. The molecule has 9 heteroatoms. The number of hydrazone groups is 1. The maximum absolute atomic E-state index is 13.9. The molecule has 1 spiro atoms. The van der Waals surface area contributed by atoms with Gasteiger partial charge in [0.25, 0.3) is 5.91 Å². The highest BCUT2D eigenvalue weighted by Crippen LogP contribution is 2.59. The Morgan fingerprint density at radius 1 is 1.03 bits per heavy atom. The van der Waals surface area contributed by atoms with Gasteiger partial charge in [-0.15, -0.1) is 11.3 Å². The zero-order chi connectivity index (χ0) is 23.7. The molecule has 34 heavy (non-hydrogen) atoms. The van der Waals surface area contributed by atoms with Gasteiger partial charge in [0.15, 0.2) is 0 Å². The second kappa shape index (κ2) is 9.32. The van der Waals surface area contributed by atoms with Crippen molar-refractivity contribution in [1.29, 1.82) is 0 Å². The number of hydrogen-bond donors (Lipinski definition) is 0. The van der Waals surface area contributed by atoms with E-state index in [-0.39, 0.29) is 17.6 Å². The van der Waals surface area contributed by atoms with Gasteiger partial charge in [-0.1, -0.05) is 53.7 Å². The molecule has 0 saturated carbocycles. The fourth-order valence-corrected chi connectivity index (χ4v) is 7.25. The standard InChI is InChI=1S/C25H21N3O3S3/c1-3-31-24(30)22-26-28(19-13-11-17(2)12-14-19)25(34-22)27(18-8-5-4-6-9-18)23(29)21(33-25)16-20-10-7-15-32-20/h4-16H,3H2,1-2H3. The van der Waals surface area contributed by atoms with Crippen LogP contribution in [0.25, 0.3) is 6.08 Å². The first-order chi connectivity index (χ1) is 16.5. The molecule has 3 aromatic rings. The molecule has 2 aliphatic heterocycles. The van der Waals surface area contributed by atoms with E-state index < -0.39 is 10.3 Å². The number of para-hydroxylation sites is 1. The molecule has 1 unspecified atom stereocenters. The zero-order valence-electron chi connectivity index (χ0n) is 18.5. The smallest absolute Gasteiger partial charge is 0.365 e. The molecule has 1 amide bonds. The molecule has 1 fully saturated rings. The molecule has 1 saturated heterocycles. The van der Waals surface area contributed by atoms with E-state index in [2.05, 4.69) is 5.10 Å². The molecule has 1 atom stereocenters. The minimum absolute atomic E-state index is 0.144. The Morgan fingerprint density at radius 3 is 2.47 bits per heavy atom. The minimum Gasteiger partial charge on any atom is -0.461 e. The summed E-state index contributed by atoms with van der Waals surface area (Å²) in [6, 6.07) is 21.3. The van der Waals surface area contributed by atoms with Gasteiger partial charge in [0.05, 0.1) is 17.2 Å². The second-order valence-corrected chi connectivity index (χ2v) is 11.1. The van der Waals surface area contributed by atoms with E-state index in [4.69, 9.17) is 4.74 Å². The van der Waals surface area contributed by atoms with Crippen molar-refractivity contribution in [2.45, 2.75) is 18.2 Å². The lowest BCUT2D eigenvalue weighted by Crippen LogP contribution is -2.51. The summed E-state index contributed by atoms with van der Waals surface area (Å²) >= 11 is 4.18. The third-order valence-electron chi connectivity index (χ3n) is 5.19. The average molecular weight is 508 g/mol. The largest absolute Gasteiger partial charge is 0.461 e. The number of benzene rings is 2. The Bertz CT molecular complexity index is 1270. The number of carbonyl (C=O) groups excluding carboxylic acids is 2. The second-order valence-electron chi connectivity index (χ2n) is 7.53. The predicted octanol–water partition coefficient (Wildman–Crippen LogP) is 5.92. The van der Waals surface area contributed by atoms with E-state index in [1.165, 1.54) is 23.5 Å². The van der Waals surface area contributed by atoms with Gasteiger partial charge in [0, 0.05) is 10.6 Å². The number of esters is 1. The summed E-state index contributed by atoms with van der Waals surface area (Å²) in [5, 5.41) is 8.63. The molecular weight excluding hydrogens is 486 g/mol. The van der Waals surface area contributed by atoms with Gasteiger partial charge in [-0.25, -0.2) is 9.80 Å². The van der Waals surface area contributed by atoms with Crippen LogP contribution in [0.2, 0.25) is 0 Å². The predicted molar refractivity (Wildman–Crippen MR) is 142 cm³/mol. The number of carbonyl (C=O) groups is 2. The molecule has 172 valence electrons. The van der Waals surface area contributed by atoms with E-state index >= 15 is 0 Å². The van der Waals surface area contributed by atoms with Crippen LogP contribution in [0, 0.1) is 6.92 Å². The van der Waals surface area contributed by atoms with E-state index in [9.17, 15) is 9.59 Å². The number of ether oxygens (including phenoxy) is 1. The van der Waals surface area contributed by atoms with E-state index in [1.54, 1.807) is 28.2 Å². The summed E-state index contributed by atoms with van der Waals surface area (Å²) in [5.41, 5.74) is 2.60. The summed E-state index contributed by atoms with van der Waals surface area (Å²) in [6.07, 6.45) is 1.90. The summed E-state index contributed by atoms with van der Waals surface area (Å²) in [4.78, 5) is 29.9. The fourth-order valence-electron chi connectivity index (χ4n) is 3.65. The normalized spacial score (nSPS) is 20.9. The topological polar surface area (TPSA) is 62.2 Å². The maximum Gasteiger partial charge on any atom is 0.365 e. The number of anilines is 2. The van der Waals surface area contributed by atoms with Crippen molar-refractivity contribution >= 4 is 69.2 Å². The Balaban J connectivity index is 1.67. The fraction of sp³-hybridized carbons (Fsp3) is 0.160. The highest BCUT2D eigenvalue weighted by atomic mass is 32.2. The van der Waals surface area contributed by atoms with Crippen LogP contribution in [0.4, 0.5) is 11.4 Å². The highest BCUT2D eigenvalue weighted by Gasteiger charge is 2.60. The van der Waals surface area contributed by atoms with Gasteiger partial charge in [0.2, 0.25) is 9.37 Å². The summed E-state index contributed by atoms with van der Waals surface area (Å²) < 4.78 is 4.21. The Labute approximate surface area is 210 Å². The molecule has 2 aromatic carbocycles. The van der Waals surface area contributed by atoms with Crippen LogP contribution in [0.5, 0.6) is 0 Å². The lowest BCUT2D eigenvalue weighted by atomic mass is 10.2. The minimum atomic E-state index is -1.06. The van der Waals surface area contributed by atoms with Crippen molar-refractivity contribution in [2.75, 3.05) is 16.5 Å². The molecule has 0 N–H and O–H groups in total. The van der Waals surface area contributed by atoms with E-state index in [0.29, 0.717) is 4.91 Å². The Kier molecular flexibility index (Phi) is 6.24.